The van der Waals surface area contributed by atoms with Crippen molar-refractivity contribution >= 4 is 39.6 Å². The van der Waals surface area contributed by atoms with Gasteiger partial charge in [-0.25, -0.2) is 0 Å². The minimum Gasteiger partial charge on any atom is -0.460 e. The number of allylic oxidation sites excluding steroid dienone is 1. The largest absolute Gasteiger partial charge is 0.460 e. The third-order valence-electron chi connectivity index (χ3n) is 9.48. The van der Waals surface area contributed by atoms with Crippen LogP contribution in [0.15, 0.2) is 25.3 Å². The molecule has 4 aliphatic heterocycles. The van der Waals surface area contributed by atoms with Crippen LogP contribution in [0.25, 0.3) is 0 Å². The first-order valence-corrected chi connectivity index (χ1v) is 16.9. The van der Waals surface area contributed by atoms with E-state index in [4.69, 9.17) is 14.2 Å². The first-order chi connectivity index (χ1) is 21.5. The number of aliphatic hydroxyl groups excluding tert-OH is 1. The second-order valence-electron chi connectivity index (χ2n) is 12.8. The molecule has 0 aromatic carbocycles. The molecule has 3 amide bonds. The SMILES string of the molecule is C=CCCC(=O)NC[C@H](C)OC(=O)[C@H]1[C@@H]2O[C@@]3(CC2Br)[C@@H]1C(=O)N([C@@H](CO)C(C)C)[C@@H]3C(=O)N(CC=C)CCN1CCOCC1. The highest BCUT2D eigenvalue weighted by Crippen LogP contribution is 2.61. The smallest absolute Gasteiger partial charge is 0.312 e. The summed E-state index contributed by atoms with van der Waals surface area (Å²) in [6.07, 6.45) is 3.17. The molecule has 4 rings (SSSR count). The fraction of sp³-hybridized carbons (Fsp3) is 0.750. The number of amides is 3. The Labute approximate surface area is 274 Å². The molecule has 4 fully saturated rings. The first-order valence-electron chi connectivity index (χ1n) is 16.0. The second-order valence-corrected chi connectivity index (χ2v) is 14.0. The molecule has 8 atom stereocenters. The summed E-state index contributed by atoms with van der Waals surface area (Å²) < 4.78 is 17.9. The Hall–Kier alpha value is -2.32. The lowest BCUT2D eigenvalue weighted by molar-refractivity contribution is -0.160. The van der Waals surface area contributed by atoms with Crippen molar-refractivity contribution in [2.24, 2.45) is 17.8 Å². The number of carbonyl (C=O) groups is 4. The number of hydrogen-bond donors (Lipinski definition) is 2. The van der Waals surface area contributed by atoms with Crippen LogP contribution in [-0.4, -0.2) is 137 Å². The van der Waals surface area contributed by atoms with E-state index in [0.29, 0.717) is 39.1 Å². The Balaban J connectivity index is 1.61. The van der Waals surface area contributed by atoms with E-state index < -0.39 is 47.7 Å². The maximum Gasteiger partial charge on any atom is 0.312 e. The molecule has 0 aliphatic carbocycles. The van der Waals surface area contributed by atoms with E-state index in [0.717, 1.165) is 13.1 Å². The van der Waals surface area contributed by atoms with Gasteiger partial charge in [-0.3, -0.25) is 24.1 Å². The molecule has 0 aromatic rings. The summed E-state index contributed by atoms with van der Waals surface area (Å²) in [6.45, 7) is 16.9. The van der Waals surface area contributed by atoms with Crippen LogP contribution in [-0.2, 0) is 33.4 Å². The number of hydrogen-bond acceptors (Lipinski definition) is 9. The number of morpholine rings is 1. The van der Waals surface area contributed by atoms with Crippen LogP contribution in [0, 0.1) is 17.8 Å². The highest BCUT2D eigenvalue weighted by molar-refractivity contribution is 9.09. The van der Waals surface area contributed by atoms with Crippen molar-refractivity contribution in [3.8, 4) is 0 Å². The maximum absolute atomic E-state index is 14.6. The van der Waals surface area contributed by atoms with E-state index in [1.165, 1.54) is 4.90 Å². The Morgan fingerprint density at radius 2 is 1.93 bits per heavy atom. The third-order valence-corrected chi connectivity index (χ3v) is 10.3. The zero-order valence-electron chi connectivity index (χ0n) is 26.7. The summed E-state index contributed by atoms with van der Waals surface area (Å²) in [5.74, 6) is -3.54. The zero-order valence-corrected chi connectivity index (χ0v) is 28.3. The second kappa shape index (κ2) is 15.5. The van der Waals surface area contributed by atoms with Crippen molar-refractivity contribution in [3.63, 3.8) is 0 Å². The van der Waals surface area contributed by atoms with Gasteiger partial charge in [0.2, 0.25) is 17.7 Å². The van der Waals surface area contributed by atoms with Crippen LogP contribution in [0.5, 0.6) is 0 Å². The average molecular weight is 698 g/mol. The highest BCUT2D eigenvalue weighted by atomic mass is 79.9. The van der Waals surface area contributed by atoms with Gasteiger partial charge < -0.3 is 34.4 Å². The van der Waals surface area contributed by atoms with Crippen molar-refractivity contribution in [2.75, 3.05) is 59.1 Å². The zero-order chi connectivity index (χ0) is 32.9. The number of carbonyl (C=O) groups excluding carboxylic acids is 4. The fourth-order valence-electron chi connectivity index (χ4n) is 7.20. The number of likely N-dealkylation sites (tertiary alicyclic amines) is 1. The lowest BCUT2D eigenvalue weighted by Gasteiger charge is -2.41. The van der Waals surface area contributed by atoms with Gasteiger partial charge in [-0.05, 0) is 25.7 Å². The van der Waals surface area contributed by atoms with Crippen LogP contribution >= 0.6 is 15.9 Å². The molecule has 1 unspecified atom stereocenters. The topological polar surface area (TPSA) is 138 Å². The van der Waals surface area contributed by atoms with Crippen LogP contribution < -0.4 is 5.32 Å². The Kier molecular flexibility index (Phi) is 12.2. The van der Waals surface area contributed by atoms with Gasteiger partial charge in [-0.1, -0.05) is 41.9 Å². The molecule has 252 valence electrons. The van der Waals surface area contributed by atoms with Crippen molar-refractivity contribution in [1.82, 2.24) is 20.0 Å². The predicted molar refractivity (Wildman–Crippen MR) is 170 cm³/mol. The molecular weight excluding hydrogens is 648 g/mol. The quantitative estimate of drug-likeness (QED) is 0.138. The molecule has 0 radical (unpaired) electrons. The van der Waals surface area contributed by atoms with Gasteiger partial charge >= 0.3 is 5.97 Å². The highest BCUT2D eigenvalue weighted by Gasteiger charge is 2.77. The van der Waals surface area contributed by atoms with Gasteiger partial charge in [-0.15, -0.1) is 13.2 Å². The number of aliphatic hydroxyl groups is 1. The van der Waals surface area contributed by atoms with Crippen LogP contribution in [0.2, 0.25) is 0 Å². The van der Waals surface area contributed by atoms with E-state index in [1.807, 2.05) is 13.8 Å². The molecule has 13 heteroatoms. The van der Waals surface area contributed by atoms with Gasteiger partial charge in [0.15, 0.2) is 0 Å². The number of fused-ring (bicyclic) bond motifs is 1. The fourth-order valence-corrected chi connectivity index (χ4v) is 8.14. The standard InChI is InChI=1S/C32H49BrN4O8/c1-6-8-9-24(39)34-18-21(5)44-31(42)25-26-29(40)37(23(19-38)20(3)4)28(32(26)17-22(33)27(25)45-32)30(41)36(10-7-2)12-11-35-13-15-43-16-14-35/h6-7,20-23,25-28,38H,1-2,8-19H2,3-5H3,(H,34,39)/t21-,22?,23-,25+,26-,27+,28+,32-/m0/s1. The Morgan fingerprint density at radius 3 is 2.56 bits per heavy atom. The number of halogens is 1. The number of nitrogens with one attached hydrogen (secondary N) is 1. The van der Waals surface area contributed by atoms with E-state index in [9.17, 15) is 24.3 Å². The van der Waals surface area contributed by atoms with Gasteiger partial charge in [0.05, 0.1) is 50.3 Å². The Morgan fingerprint density at radius 1 is 1.22 bits per heavy atom. The van der Waals surface area contributed by atoms with E-state index in [2.05, 4.69) is 39.3 Å². The van der Waals surface area contributed by atoms with Crippen LogP contribution in [0.4, 0.5) is 0 Å². The van der Waals surface area contributed by atoms with Crippen LogP contribution in [0.1, 0.15) is 40.0 Å². The van der Waals surface area contributed by atoms with Crippen molar-refractivity contribution in [2.45, 2.75) is 74.8 Å². The Bertz CT molecular complexity index is 1120. The number of nitrogens with zero attached hydrogens (tertiary/aromatic N) is 3. The molecule has 2 N–H and O–H groups in total. The monoisotopic (exact) mass is 696 g/mol. The lowest BCUT2D eigenvalue weighted by Crippen LogP contribution is -2.60. The molecule has 0 saturated carbocycles. The van der Waals surface area contributed by atoms with E-state index in [-0.39, 0.29) is 54.6 Å². The average Bonchev–Trinajstić information content (AvgIpc) is 3.61. The molecule has 4 saturated heterocycles. The number of alkyl halides is 1. The number of ether oxygens (including phenoxy) is 3. The molecular formula is C32H49BrN4O8. The summed E-state index contributed by atoms with van der Waals surface area (Å²) in [7, 11) is 0. The van der Waals surface area contributed by atoms with E-state index in [1.54, 1.807) is 24.0 Å². The summed E-state index contributed by atoms with van der Waals surface area (Å²) in [5.41, 5.74) is -1.28. The molecule has 4 heterocycles. The van der Waals surface area contributed by atoms with Gasteiger partial charge in [0.25, 0.3) is 0 Å². The van der Waals surface area contributed by atoms with E-state index >= 15 is 0 Å². The first kappa shape index (κ1) is 35.5. The van der Waals surface area contributed by atoms with Gasteiger partial charge in [0.1, 0.15) is 17.7 Å². The number of esters is 1. The van der Waals surface area contributed by atoms with Crippen molar-refractivity contribution in [1.29, 1.82) is 0 Å². The lowest BCUT2D eigenvalue weighted by atomic mass is 9.70. The minimum absolute atomic E-state index is 0.119. The van der Waals surface area contributed by atoms with Gasteiger partial charge in [0, 0.05) is 44.0 Å². The predicted octanol–water partition coefficient (Wildman–Crippen LogP) is 1.11. The molecule has 12 nitrogen and oxygen atoms in total. The summed E-state index contributed by atoms with van der Waals surface area (Å²) in [4.78, 5) is 60.0. The molecule has 2 bridgehead atoms. The summed E-state index contributed by atoms with van der Waals surface area (Å²) >= 11 is 3.69. The number of rotatable bonds is 16. The van der Waals surface area contributed by atoms with Crippen molar-refractivity contribution in [3.05, 3.63) is 25.3 Å². The third kappa shape index (κ3) is 7.32. The molecule has 0 aromatic heterocycles. The molecule has 45 heavy (non-hydrogen) atoms. The molecule has 4 aliphatic rings. The minimum atomic E-state index is -1.28. The summed E-state index contributed by atoms with van der Waals surface area (Å²) in [6, 6.07) is -1.70. The normalized spacial score (nSPS) is 30.6. The molecule has 1 spiro atoms. The van der Waals surface area contributed by atoms with Crippen molar-refractivity contribution < 1.29 is 38.5 Å². The van der Waals surface area contributed by atoms with Gasteiger partial charge in [-0.2, -0.15) is 0 Å². The maximum atomic E-state index is 14.6. The summed E-state index contributed by atoms with van der Waals surface area (Å²) in [5, 5.41) is 13.2. The van der Waals surface area contributed by atoms with Crippen LogP contribution in [0.3, 0.4) is 0 Å².